The standard InChI is InChI=1S/C28H23F2N3O4/c1-37-23-16-31-15-22(30)25(23)20-13-12-19(14-21(20)29)32-27(34)26(33-28(35)36)24(17-8-4-2-5-9-17)18-10-6-3-7-11-18/h2-16,24,26,33H,1H3,(H,32,34)(H,35,36). The number of amides is 2. The molecule has 3 aromatic carbocycles. The van der Waals surface area contributed by atoms with Crippen molar-refractivity contribution in [2.45, 2.75) is 12.0 Å². The molecule has 0 saturated heterocycles. The van der Waals surface area contributed by atoms with E-state index in [1.54, 1.807) is 48.5 Å². The molecule has 1 aromatic heterocycles. The van der Waals surface area contributed by atoms with Gasteiger partial charge in [0.05, 0.1) is 25.1 Å². The number of rotatable bonds is 8. The Morgan fingerprint density at radius 2 is 1.51 bits per heavy atom. The van der Waals surface area contributed by atoms with Gasteiger partial charge in [-0.1, -0.05) is 60.7 Å². The Labute approximate surface area is 211 Å². The first-order chi connectivity index (χ1) is 17.9. The summed E-state index contributed by atoms with van der Waals surface area (Å²) >= 11 is 0. The number of hydrogen-bond acceptors (Lipinski definition) is 4. The number of carbonyl (C=O) groups excluding carboxylic acids is 1. The van der Waals surface area contributed by atoms with E-state index in [2.05, 4.69) is 15.6 Å². The summed E-state index contributed by atoms with van der Waals surface area (Å²) in [6.45, 7) is 0. The van der Waals surface area contributed by atoms with E-state index < -0.39 is 35.6 Å². The number of methoxy groups -OCH3 is 1. The Morgan fingerprint density at radius 3 is 2.05 bits per heavy atom. The van der Waals surface area contributed by atoms with Gasteiger partial charge < -0.3 is 20.5 Å². The molecule has 0 spiro atoms. The Kier molecular flexibility index (Phi) is 7.73. The summed E-state index contributed by atoms with van der Waals surface area (Å²) in [4.78, 5) is 28.8. The number of carboxylic acid groups (broad SMARTS) is 1. The lowest BCUT2D eigenvalue weighted by atomic mass is 9.84. The van der Waals surface area contributed by atoms with Gasteiger partial charge in [-0.25, -0.2) is 13.6 Å². The molecule has 1 atom stereocenters. The normalized spacial score (nSPS) is 11.6. The molecule has 9 heteroatoms. The largest absolute Gasteiger partial charge is 0.494 e. The van der Waals surface area contributed by atoms with Gasteiger partial charge in [-0.15, -0.1) is 0 Å². The van der Waals surface area contributed by atoms with E-state index in [9.17, 15) is 19.1 Å². The van der Waals surface area contributed by atoms with Crippen molar-refractivity contribution in [3.8, 4) is 16.9 Å². The Hall–Kier alpha value is -4.79. The Balaban J connectivity index is 1.68. The molecular formula is C28H23F2N3O4. The molecule has 188 valence electrons. The number of benzene rings is 3. The quantitative estimate of drug-likeness (QED) is 0.297. The number of aromatic nitrogens is 1. The highest BCUT2D eigenvalue weighted by Crippen LogP contribution is 2.35. The molecule has 2 amide bonds. The summed E-state index contributed by atoms with van der Waals surface area (Å²) in [5.41, 5.74) is 1.30. The molecule has 7 nitrogen and oxygen atoms in total. The summed E-state index contributed by atoms with van der Waals surface area (Å²) < 4.78 is 34.6. The molecule has 1 unspecified atom stereocenters. The Morgan fingerprint density at radius 1 is 0.892 bits per heavy atom. The van der Waals surface area contributed by atoms with Crippen molar-refractivity contribution in [3.63, 3.8) is 0 Å². The monoisotopic (exact) mass is 503 g/mol. The second-order valence-electron chi connectivity index (χ2n) is 8.11. The average molecular weight is 504 g/mol. The van der Waals surface area contributed by atoms with E-state index in [1.807, 2.05) is 12.1 Å². The van der Waals surface area contributed by atoms with Crippen LogP contribution in [0.3, 0.4) is 0 Å². The van der Waals surface area contributed by atoms with Crippen LogP contribution in [0.5, 0.6) is 5.75 Å². The molecule has 0 aliphatic carbocycles. The number of ether oxygens (including phenoxy) is 1. The van der Waals surface area contributed by atoms with E-state index in [4.69, 9.17) is 4.74 Å². The minimum atomic E-state index is -1.39. The molecule has 0 aliphatic heterocycles. The average Bonchev–Trinajstić information content (AvgIpc) is 2.89. The molecule has 37 heavy (non-hydrogen) atoms. The fraction of sp³-hybridized carbons (Fsp3) is 0.107. The zero-order valence-electron chi connectivity index (χ0n) is 19.7. The lowest BCUT2D eigenvalue weighted by molar-refractivity contribution is -0.118. The number of pyridine rings is 1. The first kappa shape index (κ1) is 25.3. The lowest BCUT2D eigenvalue weighted by Gasteiger charge is -2.27. The van der Waals surface area contributed by atoms with E-state index >= 15 is 4.39 Å². The molecule has 0 radical (unpaired) electrons. The van der Waals surface area contributed by atoms with Crippen LogP contribution >= 0.6 is 0 Å². The van der Waals surface area contributed by atoms with Crippen LogP contribution in [0.4, 0.5) is 19.3 Å². The van der Waals surface area contributed by atoms with Crippen LogP contribution in [0, 0.1) is 11.6 Å². The van der Waals surface area contributed by atoms with Crippen LogP contribution in [0.25, 0.3) is 11.1 Å². The number of halogens is 2. The van der Waals surface area contributed by atoms with E-state index in [-0.39, 0.29) is 22.6 Å². The van der Waals surface area contributed by atoms with Gasteiger partial charge in [0.1, 0.15) is 17.6 Å². The number of anilines is 1. The molecule has 0 aliphatic rings. The third-order valence-electron chi connectivity index (χ3n) is 5.80. The summed E-state index contributed by atoms with van der Waals surface area (Å²) in [6.07, 6.45) is 0.824. The first-order valence-corrected chi connectivity index (χ1v) is 11.3. The van der Waals surface area contributed by atoms with Gasteiger partial charge in [-0.3, -0.25) is 9.78 Å². The maximum Gasteiger partial charge on any atom is 0.405 e. The molecular weight excluding hydrogens is 480 g/mol. The van der Waals surface area contributed by atoms with Crippen molar-refractivity contribution in [2.75, 3.05) is 12.4 Å². The summed E-state index contributed by atoms with van der Waals surface area (Å²) in [6, 6.07) is 20.5. The predicted molar refractivity (Wildman–Crippen MR) is 134 cm³/mol. The number of carbonyl (C=O) groups is 2. The highest BCUT2D eigenvalue weighted by molar-refractivity contribution is 5.98. The maximum atomic E-state index is 15.1. The second-order valence-corrected chi connectivity index (χ2v) is 8.11. The highest BCUT2D eigenvalue weighted by Gasteiger charge is 2.32. The lowest BCUT2D eigenvalue weighted by Crippen LogP contribution is -2.47. The highest BCUT2D eigenvalue weighted by atomic mass is 19.1. The molecule has 0 bridgehead atoms. The van der Waals surface area contributed by atoms with Gasteiger partial charge in [-0.2, -0.15) is 0 Å². The van der Waals surface area contributed by atoms with E-state index in [1.165, 1.54) is 25.4 Å². The van der Waals surface area contributed by atoms with Crippen LogP contribution in [0.2, 0.25) is 0 Å². The minimum Gasteiger partial charge on any atom is -0.494 e. The van der Waals surface area contributed by atoms with Crippen molar-refractivity contribution in [1.82, 2.24) is 10.3 Å². The third kappa shape index (κ3) is 5.72. The molecule has 3 N–H and O–H groups in total. The smallest absolute Gasteiger partial charge is 0.405 e. The number of nitrogens with one attached hydrogen (secondary N) is 2. The molecule has 0 saturated carbocycles. The number of hydrogen-bond donors (Lipinski definition) is 3. The van der Waals surface area contributed by atoms with Crippen molar-refractivity contribution < 1.29 is 28.2 Å². The molecule has 4 aromatic rings. The van der Waals surface area contributed by atoms with E-state index in [0.29, 0.717) is 11.1 Å². The van der Waals surface area contributed by atoms with Crippen LogP contribution in [0.15, 0.2) is 91.3 Å². The molecule has 0 fully saturated rings. The van der Waals surface area contributed by atoms with Crippen LogP contribution in [0.1, 0.15) is 17.0 Å². The molecule has 4 rings (SSSR count). The first-order valence-electron chi connectivity index (χ1n) is 11.3. The SMILES string of the molecule is COc1cncc(F)c1-c1ccc(NC(=O)C(NC(=O)O)C(c2ccccc2)c2ccccc2)cc1F. The van der Waals surface area contributed by atoms with Crippen LogP contribution in [-0.4, -0.2) is 35.2 Å². The van der Waals surface area contributed by atoms with Gasteiger partial charge in [0.25, 0.3) is 0 Å². The predicted octanol–water partition coefficient (Wildman–Crippen LogP) is 5.44. The minimum absolute atomic E-state index is 0.0509. The maximum absolute atomic E-state index is 15.1. The zero-order valence-corrected chi connectivity index (χ0v) is 19.7. The van der Waals surface area contributed by atoms with Crippen molar-refractivity contribution in [3.05, 3.63) is 114 Å². The Bertz CT molecular complexity index is 1360. The zero-order chi connectivity index (χ0) is 26.4. The van der Waals surface area contributed by atoms with Gasteiger partial charge in [0.15, 0.2) is 5.82 Å². The summed E-state index contributed by atoms with van der Waals surface area (Å²) in [7, 11) is 1.32. The third-order valence-corrected chi connectivity index (χ3v) is 5.80. The van der Waals surface area contributed by atoms with E-state index in [0.717, 1.165) is 12.3 Å². The van der Waals surface area contributed by atoms with Gasteiger partial charge in [0, 0.05) is 17.2 Å². The van der Waals surface area contributed by atoms with Crippen molar-refractivity contribution >= 4 is 17.7 Å². The fourth-order valence-electron chi connectivity index (χ4n) is 4.18. The molecule has 1 heterocycles. The van der Waals surface area contributed by atoms with Crippen molar-refractivity contribution in [2.24, 2.45) is 0 Å². The second kappa shape index (κ2) is 11.3. The topological polar surface area (TPSA) is 101 Å². The van der Waals surface area contributed by atoms with Gasteiger partial charge >= 0.3 is 6.09 Å². The van der Waals surface area contributed by atoms with Crippen molar-refractivity contribution in [1.29, 1.82) is 0 Å². The van der Waals surface area contributed by atoms with Crippen LogP contribution < -0.4 is 15.4 Å². The fourth-order valence-corrected chi connectivity index (χ4v) is 4.18. The summed E-state index contributed by atoms with van der Waals surface area (Å²) in [5, 5.41) is 14.4. The van der Waals surface area contributed by atoms with Crippen LogP contribution in [-0.2, 0) is 4.79 Å². The van der Waals surface area contributed by atoms with Gasteiger partial charge in [0.2, 0.25) is 5.91 Å². The number of nitrogens with zero attached hydrogens (tertiary/aromatic N) is 1. The summed E-state index contributed by atoms with van der Waals surface area (Å²) in [5.74, 6) is -2.89. The van der Waals surface area contributed by atoms with Gasteiger partial charge in [-0.05, 0) is 29.3 Å².